The molecule has 2 rings (SSSR count). The Balaban J connectivity index is 2.61. The second-order valence-corrected chi connectivity index (χ2v) is 5.87. The SMILES string of the molecule is [C-]#[N+]c1cc(C(=O)OC)c(Cc2ccc(SC)cc2F)n(C)c1=O. The lowest BCUT2D eigenvalue weighted by Crippen LogP contribution is -2.24. The molecule has 7 heteroatoms. The number of rotatable bonds is 4. The van der Waals surface area contributed by atoms with Crippen molar-refractivity contribution in [3.05, 3.63) is 68.7 Å². The molecule has 0 radical (unpaired) electrons. The number of halogens is 1. The van der Waals surface area contributed by atoms with Crippen LogP contribution in [0.25, 0.3) is 4.85 Å². The summed E-state index contributed by atoms with van der Waals surface area (Å²) in [7, 11) is 2.66. The maximum atomic E-state index is 14.2. The van der Waals surface area contributed by atoms with E-state index < -0.39 is 17.3 Å². The smallest absolute Gasteiger partial charge is 0.338 e. The van der Waals surface area contributed by atoms with Gasteiger partial charge in [-0.1, -0.05) is 6.07 Å². The van der Waals surface area contributed by atoms with Crippen LogP contribution in [-0.4, -0.2) is 23.9 Å². The van der Waals surface area contributed by atoms with Crippen molar-refractivity contribution in [1.82, 2.24) is 4.57 Å². The molecule has 5 nitrogen and oxygen atoms in total. The molecule has 0 aliphatic carbocycles. The molecule has 0 unspecified atom stereocenters. The third-order valence-electron chi connectivity index (χ3n) is 3.66. The van der Waals surface area contributed by atoms with Crippen LogP contribution in [0.2, 0.25) is 0 Å². The summed E-state index contributed by atoms with van der Waals surface area (Å²) in [5.41, 5.74) is 0.0196. The summed E-state index contributed by atoms with van der Waals surface area (Å²) in [6.45, 7) is 7.04. The van der Waals surface area contributed by atoms with Gasteiger partial charge in [0.15, 0.2) is 0 Å². The summed E-state index contributed by atoms with van der Waals surface area (Å²) in [6.07, 6.45) is 1.88. The molecule has 0 saturated carbocycles. The number of hydrogen-bond donors (Lipinski definition) is 0. The quantitative estimate of drug-likeness (QED) is 0.485. The number of carbonyl (C=O) groups is 1. The van der Waals surface area contributed by atoms with Crippen molar-refractivity contribution in [1.29, 1.82) is 0 Å². The Kier molecular flexibility index (Phi) is 5.42. The third-order valence-corrected chi connectivity index (χ3v) is 4.39. The van der Waals surface area contributed by atoms with Crippen molar-refractivity contribution in [3.8, 4) is 0 Å². The average molecular weight is 346 g/mol. The third kappa shape index (κ3) is 3.34. The van der Waals surface area contributed by atoms with Crippen LogP contribution in [0.15, 0.2) is 34.0 Å². The van der Waals surface area contributed by atoms with Crippen molar-refractivity contribution in [2.45, 2.75) is 11.3 Å². The lowest BCUT2D eigenvalue weighted by molar-refractivity contribution is 0.0598. The van der Waals surface area contributed by atoms with Crippen molar-refractivity contribution >= 4 is 23.4 Å². The molecule has 2 aromatic rings. The van der Waals surface area contributed by atoms with Crippen molar-refractivity contribution < 1.29 is 13.9 Å². The summed E-state index contributed by atoms with van der Waals surface area (Å²) in [5.74, 6) is -1.09. The van der Waals surface area contributed by atoms with E-state index in [1.54, 1.807) is 12.1 Å². The fourth-order valence-corrected chi connectivity index (χ4v) is 2.74. The number of hydrogen-bond acceptors (Lipinski definition) is 4. The molecule has 0 spiro atoms. The fourth-order valence-electron chi connectivity index (χ4n) is 2.32. The van der Waals surface area contributed by atoms with Crippen LogP contribution in [0.4, 0.5) is 10.1 Å². The average Bonchev–Trinajstić information content (AvgIpc) is 2.59. The number of thioether (sulfide) groups is 1. The van der Waals surface area contributed by atoms with Gasteiger partial charge in [0.1, 0.15) is 5.82 Å². The first-order valence-corrected chi connectivity index (χ1v) is 8.16. The minimum Gasteiger partial charge on any atom is -0.465 e. The molecule has 0 atom stereocenters. The topological polar surface area (TPSA) is 52.7 Å². The van der Waals surface area contributed by atoms with Gasteiger partial charge in [0, 0.05) is 24.1 Å². The van der Waals surface area contributed by atoms with Crippen molar-refractivity contribution in [3.63, 3.8) is 0 Å². The number of aromatic nitrogens is 1. The Morgan fingerprint density at radius 3 is 2.67 bits per heavy atom. The number of benzene rings is 1. The van der Waals surface area contributed by atoms with Gasteiger partial charge < -0.3 is 9.30 Å². The van der Waals surface area contributed by atoms with Crippen LogP contribution >= 0.6 is 11.8 Å². The molecule has 1 aromatic heterocycles. The molecule has 1 heterocycles. The first-order valence-electron chi connectivity index (χ1n) is 6.94. The van der Waals surface area contributed by atoms with E-state index >= 15 is 0 Å². The highest BCUT2D eigenvalue weighted by Crippen LogP contribution is 2.23. The molecule has 0 saturated heterocycles. The van der Waals surface area contributed by atoms with Crippen LogP contribution in [0, 0.1) is 12.4 Å². The van der Waals surface area contributed by atoms with E-state index in [4.69, 9.17) is 11.3 Å². The Morgan fingerprint density at radius 2 is 2.12 bits per heavy atom. The van der Waals surface area contributed by atoms with E-state index in [0.29, 0.717) is 11.3 Å². The lowest BCUT2D eigenvalue weighted by atomic mass is 10.0. The van der Waals surface area contributed by atoms with E-state index in [-0.39, 0.29) is 17.7 Å². The van der Waals surface area contributed by atoms with E-state index in [0.717, 1.165) is 4.90 Å². The first kappa shape index (κ1) is 17.8. The van der Waals surface area contributed by atoms with Crippen molar-refractivity contribution in [2.75, 3.05) is 13.4 Å². The Bertz CT molecular complexity index is 900. The summed E-state index contributed by atoms with van der Waals surface area (Å²) < 4.78 is 20.2. The molecule has 0 N–H and O–H groups in total. The minimum atomic E-state index is -0.674. The molecule has 0 amide bonds. The zero-order valence-corrected chi connectivity index (χ0v) is 14.2. The van der Waals surface area contributed by atoms with Gasteiger partial charge in [0.2, 0.25) is 0 Å². The standard InChI is InChI=1S/C17H15FN2O3S/c1-19-14-9-12(17(22)23-3)15(20(2)16(14)21)7-10-5-6-11(24-4)8-13(10)18/h5-6,8-9H,7H2,2-4H3. The zero-order valence-electron chi connectivity index (χ0n) is 13.4. The monoisotopic (exact) mass is 346 g/mol. The van der Waals surface area contributed by atoms with Crippen LogP contribution < -0.4 is 5.56 Å². The summed E-state index contributed by atoms with van der Waals surface area (Å²) in [4.78, 5) is 28.1. The molecule has 124 valence electrons. The predicted octanol–water partition coefficient (Wildman–Crippen LogP) is 3.17. The van der Waals surface area contributed by atoms with Gasteiger partial charge in [-0.2, -0.15) is 0 Å². The number of carbonyl (C=O) groups excluding carboxylic acids is 1. The van der Waals surface area contributed by atoms with Crippen LogP contribution in [0.3, 0.4) is 0 Å². The summed E-state index contributed by atoms with van der Waals surface area (Å²) in [6, 6.07) is 6.00. The van der Waals surface area contributed by atoms with E-state index in [1.807, 2.05) is 6.26 Å². The second kappa shape index (κ2) is 7.32. The Morgan fingerprint density at radius 1 is 1.42 bits per heavy atom. The van der Waals surface area contributed by atoms with Crippen LogP contribution in [0.1, 0.15) is 21.6 Å². The van der Waals surface area contributed by atoms with Crippen LogP contribution in [-0.2, 0) is 18.2 Å². The second-order valence-electron chi connectivity index (χ2n) is 4.99. The fraction of sp³-hybridized carbons (Fsp3) is 0.235. The normalized spacial score (nSPS) is 10.3. The largest absolute Gasteiger partial charge is 0.465 e. The number of pyridine rings is 1. The highest BCUT2D eigenvalue weighted by atomic mass is 32.2. The maximum absolute atomic E-state index is 14.2. The van der Waals surface area contributed by atoms with Gasteiger partial charge >= 0.3 is 5.97 Å². The molecular weight excluding hydrogens is 331 g/mol. The van der Waals surface area contributed by atoms with Gasteiger partial charge in [0.05, 0.1) is 19.2 Å². The molecular formula is C17H15FN2O3S. The predicted molar refractivity (Wildman–Crippen MR) is 90.3 cm³/mol. The first-order chi connectivity index (χ1) is 11.4. The van der Waals surface area contributed by atoms with Crippen LogP contribution in [0.5, 0.6) is 0 Å². The summed E-state index contributed by atoms with van der Waals surface area (Å²) >= 11 is 1.42. The molecule has 0 fully saturated rings. The number of nitrogens with zero attached hydrogens (tertiary/aromatic N) is 2. The molecule has 0 aliphatic heterocycles. The Hall–Kier alpha value is -2.59. The lowest BCUT2D eigenvalue weighted by Gasteiger charge is -2.14. The van der Waals surface area contributed by atoms with Crippen molar-refractivity contribution in [2.24, 2.45) is 7.05 Å². The number of esters is 1. The molecule has 24 heavy (non-hydrogen) atoms. The highest BCUT2D eigenvalue weighted by Gasteiger charge is 2.20. The molecule has 0 aliphatic rings. The van der Waals surface area contributed by atoms with E-state index in [9.17, 15) is 14.0 Å². The highest BCUT2D eigenvalue weighted by molar-refractivity contribution is 7.98. The molecule has 1 aromatic carbocycles. The maximum Gasteiger partial charge on any atom is 0.338 e. The van der Waals surface area contributed by atoms with E-state index in [2.05, 4.69) is 4.85 Å². The molecule has 0 bridgehead atoms. The zero-order chi connectivity index (χ0) is 17.9. The van der Waals surface area contributed by atoms with Gasteiger partial charge in [-0.05, 0) is 30.0 Å². The minimum absolute atomic E-state index is 0.0367. The van der Waals surface area contributed by atoms with Gasteiger partial charge in [-0.3, -0.25) is 4.79 Å². The summed E-state index contributed by atoms with van der Waals surface area (Å²) in [5, 5.41) is 0. The van der Waals surface area contributed by atoms with Gasteiger partial charge in [-0.25, -0.2) is 14.0 Å². The Labute approximate surface area is 142 Å². The van der Waals surface area contributed by atoms with E-state index in [1.165, 1.54) is 42.6 Å². The number of methoxy groups -OCH3 is 1. The van der Waals surface area contributed by atoms with Gasteiger partial charge in [-0.15, -0.1) is 11.8 Å². The number of ether oxygens (including phenoxy) is 1. The van der Waals surface area contributed by atoms with Gasteiger partial charge in [0.25, 0.3) is 11.2 Å².